The fraction of sp³-hybridized carbons (Fsp3) is 0.429. The van der Waals surface area contributed by atoms with E-state index in [1.165, 1.54) is 6.07 Å². The highest BCUT2D eigenvalue weighted by Crippen LogP contribution is 2.20. The molecule has 0 fully saturated rings. The largest absolute Gasteiger partial charge is 0.395 e. The predicted octanol–water partition coefficient (Wildman–Crippen LogP) is 2.84. The molecule has 1 aromatic carbocycles. The molecule has 1 aromatic rings. The molecule has 0 bridgehead atoms. The molecule has 1 rings (SSSR count). The van der Waals surface area contributed by atoms with E-state index < -0.39 is 0 Å². The Hall–Kier alpha value is -1.77. The highest BCUT2D eigenvalue weighted by Gasteiger charge is 2.13. The Balaban J connectivity index is 2.72. The summed E-state index contributed by atoms with van der Waals surface area (Å²) in [7, 11) is 0. The van der Waals surface area contributed by atoms with E-state index in [1.54, 1.807) is 17.0 Å². The van der Waals surface area contributed by atoms with E-state index in [1.807, 2.05) is 13.0 Å². The number of aliphatic hydroxyl groups excluding tert-OH is 1. The second-order valence-electron chi connectivity index (χ2n) is 4.30. The summed E-state index contributed by atoms with van der Waals surface area (Å²) in [6.07, 6.45) is 1.85. The third-order valence-corrected chi connectivity index (χ3v) is 3.09. The van der Waals surface area contributed by atoms with Crippen molar-refractivity contribution < 1.29 is 9.90 Å². The first-order valence-corrected chi connectivity index (χ1v) is 6.86. The molecule has 0 aliphatic carbocycles. The van der Waals surface area contributed by atoms with Crippen LogP contribution in [0.3, 0.4) is 0 Å². The number of benzene rings is 1. The molecule has 0 spiro atoms. The van der Waals surface area contributed by atoms with Crippen LogP contribution >= 0.6 is 11.6 Å². The van der Waals surface area contributed by atoms with Crippen molar-refractivity contribution in [3.05, 3.63) is 28.8 Å². The smallest absolute Gasteiger partial charge is 0.321 e. The predicted molar refractivity (Wildman–Crippen MR) is 78.8 cm³/mol. The molecule has 0 radical (unpaired) electrons. The summed E-state index contributed by atoms with van der Waals surface area (Å²) in [5.41, 5.74) is 0.890. The number of nitrogens with zero attached hydrogens (tertiary/aromatic N) is 2. The summed E-state index contributed by atoms with van der Waals surface area (Å²) in [6.45, 7) is 2.84. The van der Waals surface area contributed by atoms with Gasteiger partial charge in [0.2, 0.25) is 0 Å². The number of nitrogens with one attached hydrogen (secondary N) is 1. The van der Waals surface area contributed by atoms with Gasteiger partial charge in [0.15, 0.2) is 0 Å². The summed E-state index contributed by atoms with van der Waals surface area (Å²) in [5, 5.41) is 20.8. The number of amides is 2. The van der Waals surface area contributed by atoms with E-state index in [9.17, 15) is 4.79 Å². The van der Waals surface area contributed by atoms with Gasteiger partial charge in [0.1, 0.15) is 6.07 Å². The maximum Gasteiger partial charge on any atom is 0.321 e. The van der Waals surface area contributed by atoms with Crippen molar-refractivity contribution in [1.82, 2.24) is 4.90 Å². The van der Waals surface area contributed by atoms with Gasteiger partial charge < -0.3 is 15.3 Å². The van der Waals surface area contributed by atoms with Crippen molar-refractivity contribution in [3.63, 3.8) is 0 Å². The molecule has 0 atom stereocenters. The minimum absolute atomic E-state index is 0.0781. The number of rotatable bonds is 6. The van der Waals surface area contributed by atoms with Crippen LogP contribution in [0.5, 0.6) is 0 Å². The third-order valence-electron chi connectivity index (χ3n) is 2.78. The Bertz CT molecular complexity index is 500. The van der Waals surface area contributed by atoms with Gasteiger partial charge >= 0.3 is 6.03 Å². The van der Waals surface area contributed by atoms with Crippen molar-refractivity contribution in [1.29, 1.82) is 5.26 Å². The SMILES string of the molecule is CCCCN(CCO)C(=O)Nc1ccc(C#N)c(Cl)c1. The highest BCUT2D eigenvalue weighted by atomic mass is 35.5. The number of hydrogen-bond acceptors (Lipinski definition) is 3. The van der Waals surface area contributed by atoms with Crippen molar-refractivity contribution in [3.8, 4) is 6.07 Å². The van der Waals surface area contributed by atoms with E-state index in [2.05, 4.69) is 5.32 Å². The highest BCUT2D eigenvalue weighted by molar-refractivity contribution is 6.32. The molecule has 108 valence electrons. The van der Waals surface area contributed by atoms with Gasteiger partial charge in [0.05, 0.1) is 17.2 Å². The lowest BCUT2D eigenvalue weighted by molar-refractivity contribution is 0.187. The first kappa shape index (κ1) is 16.3. The summed E-state index contributed by atoms with van der Waals surface area (Å²) in [5.74, 6) is 0. The zero-order valence-electron chi connectivity index (χ0n) is 11.4. The third kappa shape index (κ3) is 4.72. The van der Waals surface area contributed by atoms with Crippen LogP contribution in [0.25, 0.3) is 0 Å². The fourth-order valence-corrected chi connectivity index (χ4v) is 1.89. The van der Waals surface area contributed by atoms with Crippen LogP contribution in [0.2, 0.25) is 5.02 Å². The number of anilines is 1. The molecule has 20 heavy (non-hydrogen) atoms. The average Bonchev–Trinajstić information content (AvgIpc) is 2.43. The van der Waals surface area contributed by atoms with Crippen LogP contribution in [0.1, 0.15) is 25.3 Å². The monoisotopic (exact) mass is 295 g/mol. The van der Waals surface area contributed by atoms with Crippen molar-refractivity contribution in [2.75, 3.05) is 25.0 Å². The van der Waals surface area contributed by atoms with Gasteiger partial charge in [-0.15, -0.1) is 0 Å². The fourth-order valence-electron chi connectivity index (χ4n) is 1.67. The number of unbranched alkanes of at least 4 members (excludes halogenated alkanes) is 1. The van der Waals surface area contributed by atoms with E-state index in [0.717, 1.165) is 12.8 Å². The van der Waals surface area contributed by atoms with Crippen molar-refractivity contribution in [2.45, 2.75) is 19.8 Å². The quantitative estimate of drug-likeness (QED) is 0.847. The molecule has 0 unspecified atom stereocenters. The zero-order chi connectivity index (χ0) is 15.0. The van der Waals surface area contributed by atoms with Crippen LogP contribution < -0.4 is 5.32 Å². The van der Waals surface area contributed by atoms with Gasteiger partial charge in [-0.1, -0.05) is 24.9 Å². The van der Waals surface area contributed by atoms with Crippen LogP contribution in [-0.2, 0) is 0 Å². The lowest BCUT2D eigenvalue weighted by atomic mass is 10.2. The van der Waals surface area contributed by atoms with Crippen molar-refractivity contribution in [2.24, 2.45) is 0 Å². The summed E-state index contributed by atoms with van der Waals surface area (Å²) < 4.78 is 0. The van der Waals surface area contributed by atoms with Crippen molar-refractivity contribution >= 4 is 23.3 Å². The van der Waals surface area contributed by atoms with E-state index in [0.29, 0.717) is 22.8 Å². The Morgan fingerprint density at radius 3 is 2.80 bits per heavy atom. The summed E-state index contributed by atoms with van der Waals surface area (Å²) in [6, 6.07) is 6.39. The molecule has 0 saturated heterocycles. The van der Waals surface area contributed by atoms with E-state index >= 15 is 0 Å². The molecule has 0 heterocycles. The number of carbonyl (C=O) groups is 1. The lowest BCUT2D eigenvalue weighted by Crippen LogP contribution is -2.37. The Morgan fingerprint density at radius 2 is 2.25 bits per heavy atom. The summed E-state index contributed by atoms with van der Waals surface area (Å²) in [4.78, 5) is 13.6. The number of carbonyl (C=O) groups excluding carboxylic acids is 1. The molecule has 0 aliphatic rings. The maximum atomic E-state index is 12.1. The molecule has 0 aromatic heterocycles. The van der Waals surface area contributed by atoms with E-state index in [-0.39, 0.29) is 19.2 Å². The van der Waals surface area contributed by atoms with Gasteiger partial charge in [-0.25, -0.2) is 4.79 Å². The standard InChI is InChI=1S/C14H18ClN3O2/c1-2-3-6-18(7-8-19)14(20)17-12-5-4-11(10-16)13(15)9-12/h4-5,9,19H,2-3,6-8H2,1H3,(H,17,20). The molecule has 2 amide bonds. The lowest BCUT2D eigenvalue weighted by Gasteiger charge is -2.22. The first-order chi connectivity index (χ1) is 9.62. The maximum absolute atomic E-state index is 12.1. The molecule has 6 heteroatoms. The van der Waals surface area contributed by atoms with Crippen LogP contribution in [0.4, 0.5) is 10.5 Å². The topological polar surface area (TPSA) is 76.4 Å². The van der Waals surface area contributed by atoms with Gasteiger partial charge in [0, 0.05) is 18.8 Å². The normalized spacial score (nSPS) is 9.90. The van der Waals surface area contributed by atoms with Crippen LogP contribution in [0.15, 0.2) is 18.2 Å². The molecule has 0 aliphatic heterocycles. The van der Waals surface area contributed by atoms with Gasteiger partial charge in [-0.05, 0) is 24.6 Å². The number of nitriles is 1. The second-order valence-corrected chi connectivity index (χ2v) is 4.71. The Labute approximate surface area is 123 Å². The second kappa shape index (κ2) is 8.41. The average molecular weight is 296 g/mol. The molecular formula is C14H18ClN3O2. The van der Waals surface area contributed by atoms with Crippen LogP contribution in [-0.4, -0.2) is 35.7 Å². The van der Waals surface area contributed by atoms with Gasteiger partial charge in [0.25, 0.3) is 0 Å². The number of aliphatic hydroxyl groups is 1. The number of halogens is 1. The minimum atomic E-state index is -0.284. The summed E-state index contributed by atoms with van der Waals surface area (Å²) >= 11 is 5.91. The Morgan fingerprint density at radius 1 is 1.50 bits per heavy atom. The zero-order valence-corrected chi connectivity index (χ0v) is 12.2. The number of urea groups is 1. The molecular weight excluding hydrogens is 278 g/mol. The molecule has 2 N–H and O–H groups in total. The molecule has 5 nitrogen and oxygen atoms in total. The minimum Gasteiger partial charge on any atom is -0.395 e. The molecule has 0 saturated carbocycles. The Kier molecular flexibility index (Phi) is 6.85. The number of hydrogen-bond donors (Lipinski definition) is 2. The van der Waals surface area contributed by atoms with Gasteiger partial charge in [-0.3, -0.25) is 0 Å². The van der Waals surface area contributed by atoms with Crippen LogP contribution in [0, 0.1) is 11.3 Å². The van der Waals surface area contributed by atoms with Gasteiger partial charge in [-0.2, -0.15) is 5.26 Å². The first-order valence-electron chi connectivity index (χ1n) is 6.48. The van der Waals surface area contributed by atoms with E-state index in [4.69, 9.17) is 22.0 Å².